The summed E-state index contributed by atoms with van der Waals surface area (Å²) in [5.74, 6) is -0.141. The summed E-state index contributed by atoms with van der Waals surface area (Å²) >= 11 is 11.8. The van der Waals surface area contributed by atoms with Crippen molar-refractivity contribution in [2.24, 2.45) is 0 Å². The lowest BCUT2D eigenvalue weighted by Gasteiger charge is -2.02. The fourth-order valence-electron chi connectivity index (χ4n) is 1.66. The average Bonchev–Trinajstić information content (AvgIpc) is 2.41. The number of hydrogen-bond donors (Lipinski definition) is 2. The molecule has 20 heavy (non-hydrogen) atoms. The van der Waals surface area contributed by atoms with Crippen molar-refractivity contribution in [1.82, 2.24) is 5.32 Å². The molecule has 5 heteroatoms. The number of benzene rings is 1. The van der Waals surface area contributed by atoms with Gasteiger partial charge in [-0.05, 0) is 36.6 Å². The van der Waals surface area contributed by atoms with Crippen molar-refractivity contribution in [1.29, 1.82) is 0 Å². The first-order valence-electron chi connectivity index (χ1n) is 6.65. The Kier molecular flexibility index (Phi) is 8.35. The van der Waals surface area contributed by atoms with E-state index in [2.05, 4.69) is 5.32 Å². The van der Waals surface area contributed by atoms with Crippen LogP contribution in [0, 0.1) is 0 Å². The maximum Gasteiger partial charge on any atom is 0.243 e. The third-order valence-electron chi connectivity index (χ3n) is 2.76. The largest absolute Gasteiger partial charge is 0.396 e. The van der Waals surface area contributed by atoms with Gasteiger partial charge in [0.1, 0.15) is 0 Å². The molecule has 0 aromatic heterocycles. The maximum atomic E-state index is 11.6. The Morgan fingerprint density at radius 1 is 1.20 bits per heavy atom. The Bertz CT molecular complexity index is 461. The molecule has 0 aliphatic heterocycles. The van der Waals surface area contributed by atoms with Gasteiger partial charge in [-0.2, -0.15) is 0 Å². The molecule has 0 unspecified atom stereocenters. The van der Waals surface area contributed by atoms with Gasteiger partial charge in [-0.15, -0.1) is 0 Å². The molecule has 110 valence electrons. The Balaban J connectivity index is 2.29. The van der Waals surface area contributed by atoms with Gasteiger partial charge in [0, 0.05) is 29.3 Å². The molecule has 0 saturated heterocycles. The second-order valence-electron chi connectivity index (χ2n) is 4.43. The summed E-state index contributed by atoms with van der Waals surface area (Å²) in [5.41, 5.74) is 0.758. The first-order chi connectivity index (χ1) is 9.63. The molecule has 0 bridgehead atoms. The van der Waals surface area contributed by atoms with Crippen molar-refractivity contribution in [2.75, 3.05) is 13.2 Å². The summed E-state index contributed by atoms with van der Waals surface area (Å²) in [7, 11) is 0. The highest BCUT2D eigenvalue weighted by Crippen LogP contribution is 2.21. The third kappa shape index (κ3) is 6.94. The lowest BCUT2D eigenvalue weighted by Crippen LogP contribution is -2.21. The number of halogens is 2. The van der Waals surface area contributed by atoms with Gasteiger partial charge < -0.3 is 10.4 Å². The van der Waals surface area contributed by atoms with Crippen LogP contribution in [0.15, 0.2) is 24.3 Å². The van der Waals surface area contributed by atoms with Gasteiger partial charge in [-0.25, -0.2) is 0 Å². The molecule has 1 aromatic rings. The lowest BCUT2D eigenvalue weighted by molar-refractivity contribution is -0.116. The van der Waals surface area contributed by atoms with Gasteiger partial charge in [-0.1, -0.05) is 42.1 Å². The molecule has 0 aliphatic rings. The summed E-state index contributed by atoms with van der Waals surface area (Å²) in [4.78, 5) is 11.6. The van der Waals surface area contributed by atoms with Gasteiger partial charge in [0.05, 0.1) is 0 Å². The van der Waals surface area contributed by atoms with Crippen molar-refractivity contribution in [3.63, 3.8) is 0 Å². The van der Waals surface area contributed by atoms with Crippen LogP contribution in [0.1, 0.15) is 31.2 Å². The predicted molar refractivity (Wildman–Crippen MR) is 84.1 cm³/mol. The van der Waals surface area contributed by atoms with Gasteiger partial charge in [-0.3, -0.25) is 4.79 Å². The number of unbranched alkanes of at least 4 members (excludes halogenated alkanes) is 3. The molecule has 2 N–H and O–H groups in total. The zero-order valence-corrected chi connectivity index (χ0v) is 12.8. The fraction of sp³-hybridized carbons (Fsp3) is 0.400. The van der Waals surface area contributed by atoms with Gasteiger partial charge in [0.15, 0.2) is 0 Å². The first kappa shape index (κ1) is 17.0. The molecule has 0 spiro atoms. The number of carbonyl (C=O) groups is 1. The Labute approximate surface area is 129 Å². The van der Waals surface area contributed by atoms with E-state index in [1.807, 2.05) is 0 Å². The zero-order chi connectivity index (χ0) is 14.8. The minimum atomic E-state index is -0.141. The SMILES string of the molecule is O=C(/C=C/c1ccc(Cl)cc1Cl)NCCCCCCO. The topological polar surface area (TPSA) is 49.3 Å². The Morgan fingerprint density at radius 3 is 2.65 bits per heavy atom. The fourth-order valence-corrected chi connectivity index (χ4v) is 2.13. The Morgan fingerprint density at radius 2 is 1.95 bits per heavy atom. The first-order valence-corrected chi connectivity index (χ1v) is 7.41. The predicted octanol–water partition coefficient (Wildman–Crippen LogP) is 3.68. The molecule has 0 fully saturated rings. The molecule has 0 radical (unpaired) electrons. The van der Waals surface area contributed by atoms with Crippen molar-refractivity contribution in [2.45, 2.75) is 25.7 Å². The van der Waals surface area contributed by atoms with Crippen LogP contribution < -0.4 is 5.32 Å². The number of amides is 1. The van der Waals surface area contributed by atoms with Crippen LogP contribution >= 0.6 is 23.2 Å². The van der Waals surface area contributed by atoms with Crippen molar-refractivity contribution in [3.05, 3.63) is 39.9 Å². The summed E-state index contributed by atoms with van der Waals surface area (Å²) in [5, 5.41) is 12.5. The van der Waals surface area contributed by atoms with E-state index in [1.54, 1.807) is 24.3 Å². The van der Waals surface area contributed by atoms with Crippen LogP contribution in [0.5, 0.6) is 0 Å². The minimum absolute atomic E-state index is 0.141. The summed E-state index contributed by atoms with van der Waals surface area (Å²) in [6.45, 7) is 0.875. The van der Waals surface area contributed by atoms with Crippen LogP contribution in [0.2, 0.25) is 10.0 Å². The smallest absolute Gasteiger partial charge is 0.243 e. The highest BCUT2D eigenvalue weighted by Gasteiger charge is 1.99. The van der Waals surface area contributed by atoms with Crippen LogP contribution in [-0.4, -0.2) is 24.2 Å². The average molecular weight is 316 g/mol. The van der Waals surface area contributed by atoms with E-state index in [4.69, 9.17) is 28.3 Å². The standard InChI is InChI=1S/C15H19Cl2NO2/c16-13-7-5-12(14(17)11-13)6-8-15(20)18-9-3-1-2-4-10-19/h5-8,11,19H,1-4,9-10H2,(H,18,20)/b8-6+. The van der Waals surface area contributed by atoms with Crippen molar-refractivity contribution >= 4 is 35.2 Å². The van der Waals surface area contributed by atoms with E-state index < -0.39 is 0 Å². The van der Waals surface area contributed by atoms with E-state index in [0.29, 0.717) is 16.6 Å². The quantitative estimate of drug-likeness (QED) is 0.568. The van der Waals surface area contributed by atoms with Gasteiger partial charge >= 0.3 is 0 Å². The highest BCUT2D eigenvalue weighted by atomic mass is 35.5. The van der Waals surface area contributed by atoms with Crippen LogP contribution in [0.4, 0.5) is 0 Å². The van der Waals surface area contributed by atoms with Crippen molar-refractivity contribution in [3.8, 4) is 0 Å². The number of hydrogen-bond acceptors (Lipinski definition) is 2. The molecular formula is C15H19Cl2NO2. The number of carbonyl (C=O) groups excluding carboxylic acids is 1. The normalized spacial score (nSPS) is 10.9. The highest BCUT2D eigenvalue weighted by molar-refractivity contribution is 6.35. The molecule has 1 aromatic carbocycles. The van der Waals surface area contributed by atoms with Gasteiger partial charge in [0.2, 0.25) is 5.91 Å². The molecule has 0 heterocycles. The molecule has 0 saturated carbocycles. The van der Waals surface area contributed by atoms with E-state index in [0.717, 1.165) is 31.2 Å². The van der Waals surface area contributed by atoms with E-state index in [9.17, 15) is 4.79 Å². The van der Waals surface area contributed by atoms with Crippen LogP contribution in [0.25, 0.3) is 6.08 Å². The van der Waals surface area contributed by atoms with Crippen LogP contribution in [-0.2, 0) is 4.79 Å². The van der Waals surface area contributed by atoms with Crippen molar-refractivity contribution < 1.29 is 9.90 Å². The summed E-state index contributed by atoms with van der Waals surface area (Å²) in [6.07, 6.45) is 6.86. The number of nitrogens with one attached hydrogen (secondary N) is 1. The second-order valence-corrected chi connectivity index (χ2v) is 5.27. The second kappa shape index (κ2) is 9.81. The molecule has 3 nitrogen and oxygen atoms in total. The minimum Gasteiger partial charge on any atom is -0.396 e. The number of aliphatic hydroxyl groups excluding tert-OH is 1. The zero-order valence-electron chi connectivity index (χ0n) is 11.2. The maximum absolute atomic E-state index is 11.6. The number of rotatable bonds is 8. The van der Waals surface area contributed by atoms with E-state index in [1.165, 1.54) is 6.08 Å². The molecular weight excluding hydrogens is 297 g/mol. The third-order valence-corrected chi connectivity index (χ3v) is 3.32. The Hall–Kier alpha value is -1.03. The summed E-state index contributed by atoms with van der Waals surface area (Å²) < 4.78 is 0. The molecule has 0 atom stereocenters. The monoisotopic (exact) mass is 315 g/mol. The van der Waals surface area contributed by atoms with E-state index in [-0.39, 0.29) is 12.5 Å². The van der Waals surface area contributed by atoms with Crippen LogP contribution in [0.3, 0.4) is 0 Å². The number of aliphatic hydroxyl groups is 1. The lowest BCUT2D eigenvalue weighted by atomic mass is 10.2. The van der Waals surface area contributed by atoms with Gasteiger partial charge in [0.25, 0.3) is 0 Å². The molecule has 1 amide bonds. The molecule has 0 aliphatic carbocycles. The molecule has 1 rings (SSSR count). The summed E-state index contributed by atoms with van der Waals surface area (Å²) in [6, 6.07) is 5.14. The van der Waals surface area contributed by atoms with E-state index >= 15 is 0 Å².